The van der Waals surface area contributed by atoms with Crippen molar-refractivity contribution in [2.75, 3.05) is 5.32 Å². The first-order valence-electron chi connectivity index (χ1n) is 8.80. The highest BCUT2D eigenvalue weighted by molar-refractivity contribution is 6.11. The summed E-state index contributed by atoms with van der Waals surface area (Å²) in [7, 11) is 0. The topological polar surface area (TPSA) is 93.8 Å². The average molecular weight is 355 g/mol. The van der Waals surface area contributed by atoms with Crippen molar-refractivity contribution in [3.63, 3.8) is 0 Å². The minimum atomic E-state index is -1.68. The smallest absolute Gasteiger partial charge is 0.238 e. The highest BCUT2D eigenvalue weighted by Crippen LogP contribution is 2.61. The fraction of sp³-hybridized carbons (Fsp3) is 0.273. The highest BCUT2D eigenvalue weighted by atomic mass is 16.2. The third-order valence-electron chi connectivity index (χ3n) is 5.92. The van der Waals surface area contributed by atoms with Gasteiger partial charge in [0.2, 0.25) is 5.91 Å². The zero-order valence-corrected chi connectivity index (χ0v) is 14.8. The van der Waals surface area contributed by atoms with Gasteiger partial charge >= 0.3 is 0 Å². The van der Waals surface area contributed by atoms with Crippen molar-refractivity contribution in [3.05, 3.63) is 65.2 Å². The Labute approximate surface area is 157 Å². The Bertz CT molecular complexity index is 1030. The fourth-order valence-electron chi connectivity index (χ4n) is 4.65. The molecule has 0 saturated heterocycles. The lowest BCUT2D eigenvalue weighted by molar-refractivity contribution is -0.134. The van der Waals surface area contributed by atoms with Crippen LogP contribution in [-0.4, -0.2) is 11.7 Å². The lowest BCUT2D eigenvalue weighted by atomic mass is 9.49. The number of nitrogens with zero attached hydrogens (tertiary/aromatic N) is 2. The van der Waals surface area contributed by atoms with E-state index in [0.717, 1.165) is 11.1 Å². The second-order valence-electron chi connectivity index (χ2n) is 7.32. The monoisotopic (exact) mass is 355 g/mol. The molecule has 1 N–H and O–H groups in total. The molecule has 0 unspecified atom stereocenters. The fourth-order valence-corrected chi connectivity index (χ4v) is 4.65. The first kappa shape index (κ1) is 17.0. The van der Waals surface area contributed by atoms with Crippen molar-refractivity contribution in [2.24, 2.45) is 5.41 Å². The zero-order valence-electron chi connectivity index (χ0n) is 14.8. The first-order valence-corrected chi connectivity index (χ1v) is 8.80. The van der Waals surface area contributed by atoms with E-state index in [1.165, 1.54) is 0 Å². The Morgan fingerprint density at radius 2 is 1.78 bits per heavy atom. The predicted octanol–water partition coefficient (Wildman–Crippen LogP) is 3.37. The van der Waals surface area contributed by atoms with Gasteiger partial charge in [0.1, 0.15) is 11.2 Å². The van der Waals surface area contributed by atoms with Crippen molar-refractivity contribution in [1.82, 2.24) is 0 Å². The third-order valence-corrected chi connectivity index (χ3v) is 5.92. The Hall–Kier alpha value is -3.44. The summed E-state index contributed by atoms with van der Waals surface area (Å²) in [5.41, 5.74) is -0.406. The van der Waals surface area contributed by atoms with Crippen LogP contribution in [0.4, 0.5) is 5.69 Å². The summed E-state index contributed by atoms with van der Waals surface area (Å²) in [6.07, 6.45) is -0.0684. The quantitative estimate of drug-likeness (QED) is 0.848. The van der Waals surface area contributed by atoms with Crippen molar-refractivity contribution in [2.45, 2.75) is 31.1 Å². The molecule has 0 bridgehead atoms. The number of rotatable bonds is 1. The van der Waals surface area contributed by atoms with Crippen LogP contribution in [0.25, 0.3) is 0 Å². The van der Waals surface area contributed by atoms with Gasteiger partial charge in [-0.25, -0.2) is 0 Å². The minimum absolute atomic E-state index is 0.0707. The number of hydrogen-bond acceptors (Lipinski definition) is 4. The number of Topliss-reactive ketones (excluding diaryl/α,β-unsaturated/α-hetero) is 1. The van der Waals surface area contributed by atoms with E-state index in [1.54, 1.807) is 6.07 Å². The molecule has 5 nitrogen and oxygen atoms in total. The number of ketones is 1. The molecule has 4 rings (SSSR count). The molecule has 1 spiro atoms. The maximum absolute atomic E-state index is 13.2. The molecule has 1 aliphatic carbocycles. The van der Waals surface area contributed by atoms with Gasteiger partial charge in [0.05, 0.1) is 12.1 Å². The number of benzene rings is 2. The minimum Gasteiger partial charge on any atom is -0.325 e. The number of carbonyl (C=O) groups is 2. The second-order valence-corrected chi connectivity index (χ2v) is 7.32. The molecule has 1 fully saturated rings. The van der Waals surface area contributed by atoms with Gasteiger partial charge in [0.25, 0.3) is 0 Å². The van der Waals surface area contributed by atoms with Crippen LogP contribution in [0.5, 0.6) is 0 Å². The zero-order chi connectivity index (χ0) is 19.2. The van der Waals surface area contributed by atoms with E-state index in [-0.39, 0.29) is 18.6 Å². The van der Waals surface area contributed by atoms with Crippen molar-refractivity contribution in [3.8, 4) is 12.1 Å². The molecule has 2 aromatic rings. The average Bonchev–Trinajstić information content (AvgIpc) is 2.95. The maximum atomic E-state index is 13.2. The van der Waals surface area contributed by atoms with Crippen LogP contribution >= 0.6 is 0 Å². The van der Waals surface area contributed by atoms with Gasteiger partial charge in [-0.15, -0.1) is 0 Å². The highest BCUT2D eigenvalue weighted by Gasteiger charge is 2.68. The van der Waals surface area contributed by atoms with E-state index in [1.807, 2.05) is 49.4 Å². The lowest BCUT2D eigenvalue weighted by Crippen LogP contribution is -2.56. The number of fused-ring (bicyclic) bond motifs is 2. The number of nitriles is 2. The molecule has 1 heterocycles. The molecular formula is C22H17N3O2. The summed E-state index contributed by atoms with van der Waals surface area (Å²) in [4.78, 5) is 26.0. The van der Waals surface area contributed by atoms with Crippen LogP contribution in [0, 0.1) is 35.0 Å². The summed E-state index contributed by atoms with van der Waals surface area (Å²) in [5, 5.41) is 23.3. The van der Waals surface area contributed by atoms with E-state index in [0.29, 0.717) is 11.3 Å². The predicted molar refractivity (Wildman–Crippen MR) is 98.6 cm³/mol. The van der Waals surface area contributed by atoms with Crippen LogP contribution in [0.15, 0.2) is 48.5 Å². The first-order chi connectivity index (χ1) is 13.0. The second kappa shape index (κ2) is 5.79. The van der Waals surface area contributed by atoms with Crippen LogP contribution in [0.1, 0.15) is 35.4 Å². The molecule has 2 atom stereocenters. The van der Waals surface area contributed by atoms with E-state index in [9.17, 15) is 20.1 Å². The Kier molecular flexibility index (Phi) is 3.64. The van der Waals surface area contributed by atoms with Gasteiger partial charge in [-0.05, 0) is 24.1 Å². The molecule has 1 aliphatic heterocycles. The van der Waals surface area contributed by atoms with Gasteiger partial charge in [0, 0.05) is 24.4 Å². The number of hydrogen-bond donors (Lipinski definition) is 1. The molecule has 27 heavy (non-hydrogen) atoms. The van der Waals surface area contributed by atoms with Crippen LogP contribution < -0.4 is 5.32 Å². The summed E-state index contributed by atoms with van der Waals surface area (Å²) < 4.78 is 0. The summed E-state index contributed by atoms with van der Waals surface area (Å²) >= 11 is 0. The summed E-state index contributed by atoms with van der Waals surface area (Å²) in [6.45, 7) is 1.89. The molecule has 0 radical (unpaired) electrons. The molecule has 2 aromatic carbocycles. The Morgan fingerprint density at radius 1 is 1.07 bits per heavy atom. The van der Waals surface area contributed by atoms with E-state index in [4.69, 9.17) is 0 Å². The third kappa shape index (κ3) is 2.09. The number of nitrogens with one attached hydrogen (secondary N) is 1. The van der Waals surface area contributed by atoms with Gasteiger partial charge in [-0.3, -0.25) is 9.59 Å². The van der Waals surface area contributed by atoms with Crippen molar-refractivity contribution in [1.29, 1.82) is 10.5 Å². The lowest BCUT2D eigenvalue weighted by Gasteiger charge is -2.46. The van der Waals surface area contributed by atoms with Crippen LogP contribution in [0.2, 0.25) is 0 Å². The summed E-state index contributed by atoms with van der Waals surface area (Å²) in [5.74, 6) is -1.23. The number of aryl methyl sites for hydroxylation is 1. The Morgan fingerprint density at radius 3 is 2.44 bits per heavy atom. The van der Waals surface area contributed by atoms with Gasteiger partial charge in [0.15, 0.2) is 5.41 Å². The molecular weight excluding hydrogens is 338 g/mol. The van der Waals surface area contributed by atoms with Gasteiger partial charge < -0.3 is 5.32 Å². The molecule has 2 aliphatic rings. The normalized spacial score (nSPS) is 25.4. The van der Waals surface area contributed by atoms with Crippen molar-refractivity contribution >= 4 is 17.4 Å². The van der Waals surface area contributed by atoms with Gasteiger partial charge in [-0.1, -0.05) is 48.0 Å². The number of amides is 1. The summed E-state index contributed by atoms with van der Waals surface area (Å²) in [6, 6.07) is 18.9. The van der Waals surface area contributed by atoms with Crippen LogP contribution in [0.3, 0.4) is 0 Å². The molecule has 0 aromatic heterocycles. The Balaban J connectivity index is 2.05. The number of anilines is 1. The molecule has 1 amide bonds. The largest absolute Gasteiger partial charge is 0.325 e. The van der Waals surface area contributed by atoms with E-state index >= 15 is 0 Å². The van der Waals surface area contributed by atoms with E-state index < -0.39 is 22.7 Å². The van der Waals surface area contributed by atoms with E-state index in [2.05, 4.69) is 17.5 Å². The molecule has 132 valence electrons. The standard InChI is InChI=1S/C22H17N3O2/c1-14-7-8-19-18(9-14)22(20(27)25-19)11-16(26)10-17(21(22,12-23)13-24)15-5-3-2-4-6-15/h2-9,17H,10-11H2,1H3,(H,25,27)/t17-,22-/m1/s1. The number of carbonyl (C=O) groups excluding carboxylic acids is 2. The van der Waals surface area contributed by atoms with Gasteiger partial charge in [-0.2, -0.15) is 10.5 Å². The molecule has 5 heteroatoms. The maximum Gasteiger partial charge on any atom is 0.238 e. The van der Waals surface area contributed by atoms with Crippen molar-refractivity contribution < 1.29 is 9.59 Å². The SMILES string of the molecule is Cc1ccc2c(c1)[C@]1(CC(=O)C[C@H](c3ccccc3)C1(C#N)C#N)C(=O)N2. The van der Waals surface area contributed by atoms with Crippen LogP contribution in [-0.2, 0) is 15.0 Å². The molecule has 1 saturated carbocycles.